The maximum absolute atomic E-state index is 14.9. The molecular weight excluding hydrogens is 745 g/mol. The third kappa shape index (κ3) is 9.15. The molecular formula is C39H34F4N4O5S2. The Morgan fingerprint density at radius 3 is 2.17 bits per heavy atom. The Balaban J connectivity index is 1.04. The van der Waals surface area contributed by atoms with E-state index in [1.165, 1.54) is 54.2 Å². The summed E-state index contributed by atoms with van der Waals surface area (Å²) in [6.07, 6.45) is -4.86. The van der Waals surface area contributed by atoms with E-state index in [-0.39, 0.29) is 40.6 Å². The van der Waals surface area contributed by atoms with Crippen molar-refractivity contribution in [3.63, 3.8) is 0 Å². The van der Waals surface area contributed by atoms with Crippen LogP contribution in [-0.2, 0) is 16.2 Å². The topological polar surface area (TPSA) is 119 Å². The first kappa shape index (κ1) is 38.2. The summed E-state index contributed by atoms with van der Waals surface area (Å²) in [5, 5.41) is 12.4. The normalized spacial score (nSPS) is 13.4. The SMILES string of the molecule is O=C(NS(=O)(=O)c1ccc(NCCSc2ccccc2)c(C(F)(F)F)c1)c1ccc(N2CCN(C(=O)c3ccc(-c4cccc(O)c4)c(F)c3)CC2)cc1. The molecule has 15 heteroatoms. The fourth-order valence-corrected chi connectivity index (χ4v) is 7.71. The average Bonchev–Trinajstić information content (AvgIpc) is 3.16. The van der Waals surface area contributed by atoms with Gasteiger partial charge < -0.3 is 20.2 Å². The van der Waals surface area contributed by atoms with E-state index < -0.39 is 38.4 Å². The van der Waals surface area contributed by atoms with Crippen LogP contribution in [0, 0.1) is 5.82 Å². The number of hydrogen-bond donors (Lipinski definition) is 3. The van der Waals surface area contributed by atoms with E-state index in [2.05, 4.69) is 5.32 Å². The predicted octanol–water partition coefficient (Wildman–Crippen LogP) is 7.50. The quantitative estimate of drug-likeness (QED) is 0.0717. The van der Waals surface area contributed by atoms with Crippen molar-refractivity contribution in [3.8, 4) is 16.9 Å². The van der Waals surface area contributed by atoms with Gasteiger partial charge in [0, 0.05) is 71.4 Å². The number of alkyl halides is 3. The van der Waals surface area contributed by atoms with Crippen LogP contribution in [0.15, 0.2) is 125 Å². The second-order valence-corrected chi connectivity index (χ2v) is 15.1. The molecule has 0 radical (unpaired) electrons. The van der Waals surface area contributed by atoms with Crippen molar-refractivity contribution in [1.29, 1.82) is 0 Å². The highest BCUT2D eigenvalue weighted by Crippen LogP contribution is 2.36. The van der Waals surface area contributed by atoms with Crippen LogP contribution in [0.3, 0.4) is 0 Å². The fourth-order valence-electron chi connectivity index (χ4n) is 5.92. The van der Waals surface area contributed by atoms with Crippen molar-refractivity contribution in [2.45, 2.75) is 16.0 Å². The lowest BCUT2D eigenvalue weighted by Crippen LogP contribution is -2.48. The van der Waals surface area contributed by atoms with Crippen molar-refractivity contribution in [3.05, 3.63) is 138 Å². The summed E-state index contributed by atoms with van der Waals surface area (Å²) >= 11 is 1.45. The lowest BCUT2D eigenvalue weighted by Gasteiger charge is -2.36. The average molecular weight is 779 g/mol. The van der Waals surface area contributed by atoms with Gasteiger partial charge in [-0.2, -0.15) is 13.2 Å². The lowest BCUT2D eigenvalue weighted by molar-refractivity contribution is -0.137. The third-order valence-corrected chi connectivity index (χ3v) is 11.0. The highest BCUT2D eigenvalue weighted by atomic mass is 32.2. The maximum atomic E-state index is 14.9. The van der Waals surface area contributed by atoms with Gasteiger partial charge in [0.2, 0.25) is 0 Å². The highest BCUT2D eigenvalue weighted by molar-refractivity contribution is 7.99. The maximum Gasteiger partial charge on any atom is 0.418 e. The van der Waals surface area contributed by atoms with Crippen LogP contribution in [0.5, 0.6) is 5.75 Å². The summed E-state index contributed by atoms with van der Waals surface area (Å²) in [4.78, 5) is 29.9. The van der Waals surface area contributed by atoms with Gasteiger partial charge in [0.1, 0.15) is 11.6 Å². The van der Waals surface area contributed by atoms with Gasteiger partial charge in [-0.1, -0.05) is 36.4 Å². The first-order chi connectivity index (χ1) is 25.8. The monoisotopic (exact) mass is 778 g/mol. The molecule has 280 valence electrons. The van der Waals surface area contributed by atoms with Gasteiger partial charge in [-0.3, -0.25) is 9.59 Å². The summed E-state index contributed by atoms with van der Waals surface area (Å²) < 4.78 is 84.8. The van der Waals surface area contributed by atoms with E-state index in [1.807, 2.05) is 40.0 Å². The number of sulfonamides is 1. The predicted molar refractivity (Wildman–Crippen MR) is 200 cm³/mol. The number of carbonyl (C=O) groups excluding carboxylic acids is 2. The van der Waals surface area contributed by atoms with E-state index in [0.717, 1.165) is 17.0 Å². The number of benzene rings is 5. The standard InChI is InChI=1S/C39H34F4N4O5S2/c40-35-24-28(11-15-33(35)27-5-4-6-30(48)23-27)38(50)47-20-18-46(19-21-47)29-12-9-26(10-13-29)37(49)45-54(51,52)32-14-16-36(34(25-32)39(41,42)43)44-17-22-53-31-7-2-1-3-8-31/h1-16,23-25,44,48H,17-22H2,(H,45,49). The van der Waals surface area contributed by atoms with Crippen molar-refractivity contribution in [2.24, 2.45) is 0 Å². The summed E-state index contributed by atoms with van der Waals surface area (Å²) in [7, 11) is -4.67. The molecule has 54 heavy (non-hydrogen) atoms. The molecule has 9 nitrogen and oxygen atoms in total. The molecule has 2 amide bonds. The van der Waals surface area contributed by atoms with Gasteiger partial charge in [-0.15, -0.1) is 11.8 Å². The van der Waals surface area contributed by atoms with Gasteiger partial charge in [0.05, 0.1) is 10.5 Å². The van der Waals surface area contributed by atoms with Crippen LogP contribution in [0.2, 0.25) is 0 Å². The molecule has 1 aliphatic heterocycles. The van der Waals surface area contributed by atoms with E-state index in [1.54, 1.807) is 29.2 Å². The Morgan fingerprint density at radius 2 is 1.50 bits per heavy atom. The zero-order valence-corrected chi connectivity index (χ0v) is 30.1. The zero-order valence-electron chi connectivity index (χ0n) is 28.5. The minimum absolute atomic E-state index is 0.00259. The first-order valence-corrected chi connectivity index (χ1v) is 19.2. The van der Waals surface area contributed by atoms with Crippen LogP contribution in [-0.4, -0.2) is 68.7 Å². The fraction of sp³-hybridized carbons (Fsp3) is 0.179. The molecule has 0 bridgehead atoms. The number of piperazine rings is 1. The van der Waals surface area contributed by atoms with Gasteiger partial charge in [-0.05, 0) is 84.4 Å². The number of aromatic hydroxyl groups is 1. The second-order valence-electron chi connectivity index (χ2n) is 12.3. The van der Waals surface area contributed by atoms with Crippen LogP contribution in [0.1, 0.15) is 26.3 Å². The largest absolute Gasteiger partial charge is 0.508 e. The van der Waals surface area contributed by atoms with Crippen molar-refractivity contribution < 1.29 is 40.7 Å². The van der Waals surface area contributed by atoms with E-state index in [4.69, 9.17) is 0 Å². The highest BCUT2D eigenvalue weighted by Gasteiger charge is 2.35. The molecule has 0 unspecified atom stereocenters. The number of hydrogen-bond acceptors (Lipinski definition) is 8. The Labute approximate surface area is 313 Å². The van der Waals surface area contributed by atoms with Crippen molar-refractivity contribution in [1.82, 2.24) is 9.62 Å². The van der Waals surface area contributed by atoms with Crippen LogP contribution < -0.4 is 14.9 Å². The molecule has 0 atom stereocenters. The molecule has 0 saturated carbocycles. The molecule has 0 spiro atoms. The Kier molecular flexibility index (Phi) is 11.5. The number of phenolic OH excluding ortho intramolecular Hbond substituents is 1. The Bertz CT molecular complexity index is 2250. The molecule has 1 aliphatic rings. The minimum atomic E-state index is -4.86. The summed E-state index contributed by atoms with van der Waals surface area (Å²) in [6.45, 7) is 1.70. The number of thioether (sulfide) groups is 1. The number of nitrogens with one attached hydrogen (secondary N) is 2. The summed E-state index contributed by atoms with van der Waals surface area (Å²) in [5.74, 6) is -1.49. The Morgan fingerprint density at radius 1 is 0.796 bits per heavy atom. The number of rotatable bonds is 11. The first-order valence-electron chi connectivity index (χ1n) is 16.7. The smallest absolute Gasteiger partial charge is 0.418 e. The summed E-state index contributed by atoms with van der Waals surface area (Å²) in [5.41, 5.74) is 0.129. The number of halogens is 4. The molecule has 1 saturated heterocycles. The van der Waals surface area contributed by atoms with E-state index >= 15 is 0 Å². The number of nitrogens with zero attached hydrogens (tertiary/aromatic N) is 2. The molecule has 6 rings (SSSR count). The zero-order chi connectivity index (χ0) is 38.5. The number of phenols is 1. The van der Waals surface area contributed by atoms with Crippen molar-refractivity contribution in [2.75, 3.05) is 48.7 Å². The number of carbonyl (C=O) groups is 2. The van der Waals surface area contributed by atoms with Crippen LogP contribution >= 0.6 is 11.8 Å². The molecule has 1 heterocycles. The van der Waals surface area contributed by atoms with Gasteiger partial charge in [-0.25, -0.2) is 17.5 Å². The lowest BCUT2D eigenvalue weighted by atomic mass is 10.0. The molecule has 5 aromatic rings. The second kappa shape index (κ2) is 16.2. The Hall–Kier alpha value is -5.54. The molecule has 1 fully saturated rings. The molecule has 0 aliphatic carbocycles. The number of anilines is 2. The minimum Gasteiger partial charge on any atom is -0.508 e. The molecule has 0 aromatic heterocycles. The van der Waals surface area contributed by atoms with Gasteiger partial charge in [0.25, 0.3) is 21.8 Å². The third-order valence-electron chi connectivity index (χ3n) is 8.70. The van der Waals surface area contributed by atoms with Gasteiger partial charge >= 0.3 is 6.18 Å². The number of amides is 2. The van der Waals surface area contributed by atoms with Gasteiger partial charge in [0.15, 0.2) is 0 Å². The van der Waals surface area contributed by atoms with Crippen LogP contribution in [0.4, 0.5) is 28.9 Å². The van der Waals surface area contributed by atoms with Crippen molar-refractivity contribution >= 4 is 45.0 Å². The van der Waals surface area contributed by atoms with E-state index in [0.29, 0.717) is 49.2 Å². The molecule has 5 aromatic carbocycles. The summed E-state index contributed by atoms with van der Waals surface area (Å²) in [6, 6.07) is 28.3. The van der Waals surface area contributed by atoms with E-state index in [9.17, 15) is 40.7 Å². The molecule has 3 N–H and O–H groups in total. The van der Waals surface area contributed by atoms with Crippen LogP contribution in [0.25, 0.3) is 11.1 Å².